The van der Waals surface area contributed by atoms with Gasteiger partial charge >= 0.3 is 0 Å². The van der Waals surface area contributed by atoms with Crippen molar-refractivity contribution in [2.24, 2.45) is 0 Å². The lowest BCUT2D eigenvalue weighted by molar-refractivity contribution is -0.120. The number of carbonyl (C=O) groups is 1. The van der Waals surface area contributed by atoms with Crippen LogP contribution in [0.3, 0.4) is 0 Å². The number of amides is 1. The Morgan fingerprint density at radius 1 is 1.26 bits per heavy atom. The highest BCUT2D eigenvalue weighted by Crippen LogP contribution is 2.27. The van der Waals surface area contributed by atoms with Crippen LogP contribution >= 0.6 is 0 Å². The second-order valence-electron chi connectivity index (χ2n) is 6.35. The molecule has 0 saturated heterocycles. The molecule has 3 heteroatoms. The maximum absolute atomic E-state index is 11.9. The maximum Gasteiger partial charge on any atom is 0.239 e. The first-order valence-corrected chi connectivity index (χ1v) is 6.85. The number of nitrogens with one attached hydrogen (secondary N) is 2. The Morgan fingerprint density at radius 3 is 2.42 bits per heavy atom. The molecule has 0 spiro atoms. The van der Waals surface area contributed by atoms with Crippen LogP contribution in [0.15, 0.2) is 18.2 Å². The average molecular weight is 262 g/mol. The largest absolute Gasteiger partial charge is 0.376 e. The number of anilines is 1. The summed E-state index contributed by atoms with van der Waals surface area (Å²) in [6.07, 6.45) is 0. The summed E-state index contributed by atoms with van der Waals surface area (Å²) in [5, 5.41) is 6.23. The fourth-order valence-electron chi connectivity index (χ4n) is 2.04. The zero-order chi connectivity index (χ0) is 14.6. The quantitative estimate of drug-likeness (QED) is 0.872. The molecule has 0 aromatic heterocycles. The summed E-state index contributed by atoms with van der Waals surface area (Å²) in [7, 11) is 0. The molecule has 0 atom stereocenters. The molecule has 2 N–H and O–H groups in total. The van der Waals surface area contributed by atoms with Gasteiger partial charge < -0.3 is 10.6 Å². The van der Waals surface area contributed by atoms with Crippen LogP contribution in [0, 0.1) is 6.92 Å². The molecule has 0 bridgehead atoms. The highest BCUT2D eigenvalue weighted by atomic mass is 16.2. The number of carbonyl (C=O) groups excluding carboxylic acids is 1. The van der Waals surface area contributed by atoms with E-state index < -0.39 is 0 Å². The molecule has 0 aliphatic carbocycles. The van der Waals surface area contributed by atoms with Crippen LogP contribution in [0.4, 0.5) is 5.69 Å². The Balaban J connectivity index is 2.75. The molecule has 0 heterocycles. The van der Waals surface area contributed by atoms with Gasteiger partial charge in [-0.3, -0.25) is 4.79 Å². The number of aryl methyl sites for hydroxylation is 1. The molecule has 0 fully saturated rings. The summed E-state index contributed by atoms with van der Waals surface area (Å²) in [6.45, 7) is 12.6. The third kappa shape index (κ3) is 4.93. The summed E-state index contributed by atoms with van der Waals surface area (Å²) < 4.78 is 0. The first kappa shape index (κ1) is 15.5. The minimum Gasteiger partial charge on any atom is -0.376 e. The van der Waals surface area contributed by atoms with Gasteiger partial charge in [0.1, 0.15) is 0 Å². The second kappa shape index (κ2) is 6.09. The van der Waals surface area contributed by atoms with Gasteiger partial charge in [-0.15, -0.1) is 0 Å². The minimum atomic E-state index is -0.189. The van der Waals surface area contributed by atoms with Gasteiger partial charge in [-0.1, -0.05) is 32.0 Å². The molecule has 0 aliphatic rings. The molecule has 19 heavy (non-hydrogen) atoms. The molecule has 0 aliphatic heterocycles. The molecule has 1 aromatic rings. The topological polar surface area (TPSA) is 41.1 Å². The van der Waals surface area contributed by atoms with Crippen molar-refractivity contribution < 1.29 is 4.79 Å². The zero-order valence-corrected chi connectivity index (χ0v) is 12.9. The van der Waals surface area contributed by atoms with Crippen LogP contribution in [0.5, 0.6) is 0 Å². The van der Waals surface area contributed by atoms with E-state index in [4.69, 9.17) is 0 Å². The summed E-state index contributed by atoms with van der Waals surface area (Å²) in [5.74, 6) is 0.457. The van der Waals surface area contributed by atoms with Crippen LogP contribution in [-0.2, 0) is 4.79 Å². The van der Waals surface area contributed by atoms with Gasteiger partial charge in [0, 0.05) is 11.2 Å². The molecule has 1 rings (SSSR count). The number of rotatable bonds is 4. The number of benzene rings is 1. The third-order valence-corrected chi connectivity index (χ3v) is 2.87. The van der Waals surface area contributed by atoms with Crippen molar-refractivity contribution in [2.75, 3.05) is 11.9 Å². The Morgan fingerprint density at radius 2 is 1.89 bits per heavy atom. The fourth-order valence-corrected chi connectivity index (χ4v) is 2.04. The molecular formula is C16H26N2O. The van der Waals surface area contributed by atoms with Gasteiger partial charge in [0.05, 0.1) is 6.54 Å². The van der Waals surface area contributed by atoms with Gasteiger partial charge in [-0.25, -0.2) is 0 Å². The SMILES string of the molecule is Cc1cccc(C(C)C)c1NCC(=O)NC(C)(C)C. The Labute approximate surface area is 116 Å². The Kier molecular flexibility index (Phi) is 4.98. The van der Waals surface area contributed by atoms with E-state index in [2.05, 4.69) is 49.6 Å². The normalized spacial score (nSPS) is 11.5. The number of hydrogen-bond acceptors (Lipinski definition) is 2. The van der Waals surface area contributed by atoms with E-state index in [1.807, 2.05) is 20.8 Å². The lowest BCUT2D eigenvalue weighted by Crippen LogP contribution is -2.43. The predicted molar refractivity (Wildman–Crippen MR) is 81.7 cm³/mol. The van der Waals surface area contributed by atoms with Crippen molar-refractivity contribution in [1.29, 1.82) is 0 Å². The highest BCUT2D eigenvalue weighted by Gasteiger charge is 2.14. The molecule has 0 unspecified atom stereocenters. The van der Waals surface area contributed by atoms with Crippen LogP contribution in [-0.4, -0.2) is 18.0 Å². The molecule has 1 amide bonds. The van der Waals surface area contributed by atoms with Crippen molar-refractivity contribution in [1.82, 2.24) is 5.32 Å². The Hall–Kier alpha value is -1.51. The molecule has 0 saturated carbocycles. The highest BCUT2D eigenvalue weighted by molar-refractivity contribution is 5.82. The summed E-state index contributed by atoms with van der Waals surface area (Å²) >= 11 is 0. The van der Waals surface area contributed by atoms with E-state index in [1.54, 1.807) is 0 Å². The molecule has 106 valence electrons. The van der Waals surface area contributed by atoms with E-state index in [1.165, 1.54) is 11.1 Å². The van der Waals surface area contributed by atoms with Crippen LogP contribution in [0.2, 0.25) is 0 Å². The fraction of sp³-hybridized carbons (Fsp3) is 0.562. The van der Waals surface area contributed by atoms with Gasteiger partial charge in [0.15, 0.2) is 0 Å². The number of para-hydroxylation sites is 1. The average Bonchev–Trinajstić information content (AvgIpc) is 2.24. The smallest absolute Gasteiger partial charge is 0.239 e. The standard InChI is InChI=1S/C16H26N2O/c1-11(2)13-9-7-8-12(3)15(13)17-10-14(19)18-16(4,5)6/h7-9,11,17H,10H2,1-6H3,(H,18,19). The van der Waals surface area contributed by atoms with E-state index in [9.17, 15) is 4.79 Å². The van der Waals surface area contributed by atoms with Crippen molar-refractivity contribution in [2.45, 2.75) is 53.0 Å². The monoisotopic (exact) mass is 262 g/mol. The Bertz CT molecular complexity index is 445. The molecule has 1 aromatic carbocycles. The van der Waals surface area contributed by atoms with Crippen LogP contribution in [0.1, 0.15) is 51.7 Å². The van der Waals surface area contributed by atoms with E-state index in [0.29, 0.717) is 12.5 Å². The van der Waals surface area contributed by atoms with Gasteiger partial charge in [-0.2, -0.15) is 0 Å². The van der Waals surface area contributed by atoms with E-state index in [0.717, 1.165) is 5.69 Å². The lowest BCUT2D eigenvalue weighted by atomic mass is 9.98. The van der Waals surface area contributed by atoms with Crippen LogP contribution < -0.4 is 10.6 Å². The summed E-state index contributed by atoms with van der Waals surface area (Å²) in [5.41, 5.74) is 3.32. The first-order valence-electron chi connectivity index (χ1n) is 6.85. The van der Waals surface area contributed by atoms with Crippen molar-refractivity contribution >= 4 is 11.6 Å². The molecular weight excluding hydrogens is 236 g/mol. The summed E-state index contributed by atoms with van der Waals surface area (Å²) in [6, 6.07) is 6.24. The predicted octanol–water partition coefficient (Wildman–Crippen LogP) is 3.45. The van der Waals surface area contributed by atoms with Gasteiger partial charge in [0.25, 0.3) is 0 Å². The van der Waals surface area contributed by atoms with Gasteiger partial charge in [-0.05, 0) is 44.7 Å². The van der Waals surface area contributed by atoms with Crippen molar-refractivity contribution in [3.63, 3.8) is 0 Å². The summed E-state index contributed by atoms with van der Waals surface area (Å²) in [4.78, 5) is 11.9. The number of hydrogen-bond donors (Lipinski definition) is 2. The third-order valence-electron chi connectivity index (χ3n) is 2.87. The van der Waals surface area contributed by atoms with Gasteiger partial charge in [0.2, 0.25) is 5.91 Å². The van der Waals surface area contributed by atoms with E-state index >= 15 is 0 Å². The second-order valence-corrected chi connectivity index (χ2v) is 6.35. The first-order chi connectivity index (χ1) is 8.70. The van der Waals surface area contributed by atoms with Crippen molar-refractivity contribution in [3.8, 4) is 0 Å². The van der Waals surface area contributed by atoms with E-state index in [-0.39, 0.29) is 11.4 Å². The minimum absolute atomic E-state index is 0.0189. The lowest BCUT2D eigenvalue weighted by Gasteiger charge is -2.22. The molecule has 3 nitrogen and oxygen atoms in total. The van der Waals surface area contributed by atoms with Crippen LogP contribution in [0.25, 0.3) is 0 Å². The zero-order valence-electron chi connectivity index (χ0n) is 12.9. The molecule has 0 radical (unpaired) electrons. The maximum atomic E-state index is 11.9. The van der Waals surface area contributed by atoms with Crippen molar-refractivity contribution in [3.05, 3.63) is 29.3 Å².